The van der Waals surface area contributed by atoms with Gasteiger partial charge in [0.15, 0.2) is 5.65 Å². The molecule has 194 valence electrons. The quantitative estimate of drug-likeness (QED) is 0.353. The molecule has 0 bridgehead atoms. The van der Waals surface area contributed by atoms with Gasteiger partial charge in [-0.05, 0) is 36.4 Å². The van der Waals surface area contributed by atoms with E-state index in [0.29, 0.717) is 0 Å². The Morgan fingerprint density at radius 3 is 2.32 bits per heavy atom. The first-order valence-corrected chi connectivity index (χ1v) is 11.9. The highest BCUT2D eigenvalue weighted by atomic mass is 32.2. The minimum Gasteiger partial charge on any atom is -0.322 e. The van der Waals surface area contributed by atoms with Gasteiger partial charge in [0.2, 0.25) is 10.0 Å². The molecule has 0 aliphatic heterocycles. The van der Waals surface area contributed by atoms with E-state index in [2.05, 4.69) is 15.4 Å². The minimum absolute atomic E-state index is 0.0853. The molecule has 2 aromatic heterocycles. The average Bonchev–Trinajstić information content (AvgIpc) is 3.27. The number of carbonyl (C=O) groups excluding carboxylic acids is 1. The van der Waals surface area contributed by atoms with Gasteiger partial charge in [-0.2, -0.15) is 18.3 Å². The van der Waals surface area contributed by atoms with E-state index in [1.807, 2.05) is 0 Å². The summed E-state index contributed by atoms with van der Waals surface area (Å²) in [6, 6.07) is 10.2. The Balaban J connectivity index is 1.74. The monoisotopic (exact) mass is 539 g/mol. The highest BCUT2D eigenvalue weighted by Gasteiger charge is 2.30. The third kappa shape index (κ3) is 5.15. The van der Waals surface area contributed by atoms with Crippen molar-refractivity contribution in [3.05, 3.63) is 77.6 Å². The van der Waals surface area contributed by atoms with E-state index in [1.165, 1.54) is 38.4 Å². The highest BCUT2D eigenvalue weighted by Crippen LogP contribution is 2.32. The molecule has 37 heavy (non-hydrogen) atoms. The van der Waals surface area contributed by atoms with Crippen molar-refractivity contribution < 1.29 is 35.2 Å². The topological polar surface area (TPSA) is 96.7 Å². The second kappa shape index (κ2) is 9.52. The maximum Gasteiger partial charge on any atom is 0.416 e. The SMILES string of the molecule is CN(C)S(=O)(=O)c1cccc(NC(=O)c2cnn3c(C(F)F)cc(-c4ccc(C(F)(F)F)cc4)nc23)c1. The minimum atomic E-state index is -4.58. The molecular weight excluding hydrogens is 521 g/mol. The number of amides is 1. The zero-order chi connectivity index (χ0) is 27.1. The van der Waals surface area contributed by atoms with Crippen molar-refractivity contribution in [1.82, 2.24) is 18.9 Å². The number of nitrogens with one attached hydrogen (secondary N) is 1. The van der Waals surface area contributed by atoms with Gasteiger partial charge in [-0.25, -0.2) is 31.0 Å². The summed E-state index contributed by atoms with van der Waals surface area (Å²) in [6.07, 6.45) is -6.60. The first-order chi connectivity index (χ1) is 17.3. The Hall–Kier alpha value is -3.91. The van der Waals surface area contributed by atoms with E-state index in [9.17, 15) is 35.2 Å². The van der Waals surface area contributed by atoms with Crippen molar-refractivity contribution in [2.75, 3.05) is 19.4 Å². The molecule has 1 amide bonds. The summed E-state index contributed by atoms with van der Waals surface area (Å²) in [4.78, 5) is 17.1. The number of benzene rings is 2. The summed E-state index contributed by atoms with van der Waals surface area (Å²) < 4.78 is 92.8. The number of sulfonamides is 1. The molecule has 0 saturated heterocycles. The van der Waals surface area contributed by atoms with Crippen LogP contribution in [0.4, 0.5) is 27.6 Å². The van der Waals surface area contributed by atoms with Gasteiger partial charge in [-0.1, -0.05) is 18.2 Å². The number of hydrogen-bond acceptors (Lipinski definition) is 5. The fourth-order valence-electron chi connectivity index (χ4n) is 3.42. The molecule has 2 aromatic carbocycles. The Morgan fingerprint density at radius 2 is 1.73 bits per heavy atom. The van der Waals surface area contributed by atoms with Crippen molar-refractivity contribution >= 4 is 27.3 Å². The fourth-order valence-corrected chi connectivity index (χ4v) is 4.37. The van der Waals surface area contributed by atoms with Crippen LogP contribution in [0.1, 0.15) is 28.0 Å². The first kappa shape index (κ1) is 26.2. The number of hydrogen-bond donors (Lipinski definition) is 1. The number of carbonyl (C=O) groups is 1. The van der Waals surface area contributed by atoms with Crippen molar-refractivity contribution in [1.29, 1.82) is 0 Å². The molecule has 4 aromatic rings. The predicted octanol–water partition coefficient (Wildman–Crippen LogP) is 4.86. The standard InChI is InChI=1S/C23H18F5N5O3S/c1-32(2)37(35,36)16-5-3-4-15(10-16)30-22(34)17-12-29-33-19(20(24)25)11-18(31-21(17)33)13-6-8-14(9-7-13)23(26,27)28/h3-12,20H,1-2H3,(H,30,34). The van der Waals surface area contributed by atoms with Gasteiger partial charge in [-0.3, -0.25) is 4.79 Å². The van der Waals surface area contributed by atoms with Gasteiger partial charge in [-0.15, -0.1) is 0 Å². The summed E-state index contributed by atoms with van der Waals surface area (Å²) in [6.45, 7) is 0. The summed E-state index contributed by atoms with van der Waals surface area (Å²) in [7, 11) is -1.09. The number of rotatable bonds is 6. The van der Waals surface area contributed by atoms with Gasteiger partial charge in [0.25, 0.3) is 12.3 Å². The molecule has 0 atom stereocenters. The van der Waals surface area contributed by atoms with Gasteiger partial charge in [0.05, 0.1) is 22.3 Å². The van der Waals surface area contributed by atoms with E-state index in [0.717, 1.165) is 45.3 Å². The van der Waals surface area contributed by atoms with Gasteiger partial charge < -0.3 is 5.32 Å². The number of anilines is 1. The second-order valence-electron chi connectivity index (χ2n) is 8.01. The summed E-state index contributed by atoms with van der Waals surface area (Å²) in [5.41, 5.74) is -1.89. The molecule has 0 saturated carbocycles. The van der Waals surface area contributed by atoms with Gasteiger partial charge in [0.1, 0.15) is 11.3 Å². The van der Waals surface area contributed by atoms with Gasteiger partial charge >= 0.3 is 6.18 Å². The number of alkyl halides is 5. The molecule has 2 heterocycles. The Labute approximate surface area is 207 Å². The molecular formula is C23H18F5N5O3S. The molecule has 14 heteroatoms. The first-order valence-electron chi connectivity index (χ1n) is 10.5. The van der Waals surface area contributed by atoms with Crippen LogP contribution in [0.3, 0.4) is 0 Å². The molecule has 1 N–H and O–H groups in total. The van der Waals surface area contributed by atoms with E-state index < -0.39 is 39.8 Å². The van der Waals surface area contributed by atoms with Crippen LogP contribution in [-0.2, 0) is 16.2 Å². The number of nitrogens with zero attached hydrogens (tertiary/aromatic N) is 4. The Kier molecular flexibility index (Phi) is 6.73. The van der Waals surface area contributed by atoms with Crippen LogP contribution in [0, 0.1) is 0 Å². The smallest absolute Gasteiger partial charge is 0.322 e. The normalized spacial score (nSPS) is 12.5. The van der Waals surface area contributed by atoms with Crippen molar-refractivity contribution in [3.8, 4) is 11.3 Å². The van der Waals surface area contributed by atoms with Crippen LogP contribution in [0.5, 0.6) is 0 Å². The largest absolute Gasteiger partial charge is 0.416 e. The summed E-state index contributed by atoms with van der Waals surface area (Å²) >= 11 is 0. The van der Waals surface area contributed by atoms with Gasteiger partial charge in [0, 0.05) is 25.3 Å². The third-order valence-electron chi connectivity index (χ3n) is 5.35. The molecule has 0 unspecified atom stereocenters. The van der Waals surface area contributed by atoms with E-state index in [1.54, 1.807) is 0 Å². The maximum absolute atomic E-state index is 13.8. The Bertz CT molecular complexity index is 1580. The highest BCUT2D eigenvalue weighted by molar-refractivity contribution is 7.89. The van der Waals surface area contributed by atoms with Crippen LogP contribution < -0.4 is 5.32 Å². The lowest BCUT2D eigenvalue weighted by atomic mass is 10.1. The molecule has 8 nitrogen and oxygen atoms in total. The van der Waals surface area contributed by atoms with E-state index in [-0.39, 0.29) is 33.1 Å². The van der Waals surface area contributed by atoms with Crippen molar-refractivity contribution in [2.45, 2.75) is 17.5 Å². The van der Waals surface area contributed by atoms with Crippen LogP contribution in [0.25, 0.3) is 16.9 Å². The number of aromatic nitrogens is 3. The molecule has 0 radical (unpaired) electrons. The van der Waals surface area contributed by atoms with E-state index in [4.69, 9.17) is 0 Å². The number of halogens is 5. The molecule has 0 fully saturated rings. The molecule has 0 spiro atoms. The summed E-state index contributed by atoms with van der Waals surface area (Å²) in [5.74, 6) is -0.813. The zero-order valence-electron chi connectivity index (χ0n) is 19.2. The zero-order valence-corrected chi connectivity index (χ0v) is 20.0. The van der Waals surface area contributed by atoms with Crippen LogP contribution in [-0.4, -0.2) is 47.3 Å². The van der Waals surface area contributed by atoms with Crippen molar-refractivity contribution in [2.24, 2.45) is 0 Å². The molecule has 0 aliphatic rings. The third-order valence-corrected chi connectivity index (χ3v) is 7.16. The number of fused-ring (bicyclic) bond motifs is 1. The lowest BCUT2D eigenvalue weighted by molar-refractivity contribution is -0.137. The lowest BCUT2D eigenvalue weighted by Crippen LogP contribution is -2.22. The molecule has 4 rings (SSSR count). The molecule has 0 aliphatic carbocycles. The Morgan fingerprint density at radius 1 is 1.05 bits per heavy atom. The average molecular weight is 539 g/mol. The fraction of sp³-hybridized carbons (Fsp3) is 0.174. The van der Waals surface area contributed by atoms with Crippen LogP contribution in [0.2, 0.25) is 0 Å². The van der Waals surface area contributed by atoms with Crippen LogP contribution >= 0.6 is 0 Å². The predicted molar refractivity (Wildman–Crippen MR) is 124 cm³/mol. The summed E-state index contributed by atoms with van der Waals surface area (Å²) in [5, 5.41) is 6.32. The maximum atomic E-state index is 13.8. The van der Waals surface area contributed by atoms with Crippen LogP contribution in [0.15, 0.2) is 65.7 Å². The van der Waals surface area contributed by atoms with Crippen molar-refractivity contribution in [3.63, 3.8) is 0 Å². The van der Waals surface area contributed by atoms with E-state index >= 15 is 0 Å². The second-order valence-corrected chi connectivity index (χ2v) is 10.2. The lowest BCUT2D eigenvalue weighted by Gasteiger charge is -2.13.